The van der Waals surface area contributed by atoms with Gasteiger partial charge in [-0.05, 0) is 36.7 Å². The molecule has 0 radical (unpaired) electrons. The molecule has 2 unspecified atom stereocenters. The van der Waals surface area contributed by atoms with Crippen LogP contribution in [0.3, 0.4) is 0 Å². The largest absolute Gasteiger partial charge is 0.485 e. The van der Waals surface area contributed by atoms with Crippen molar-refractivity contribution in [1.29, 1.82) is 0 Å². The summed E-state index contributed by atoms with van der Waals surface area (Å²) in [5, 5.41) is 3.49. The Morgan fingerprint density at radius 2 is 2.05 bits per heavy atom. The van der Waals surface area contributed by atoms with Crippen LogP contribution in [-0.2, 0) is 0 Å². The highest BCUT2D eigenvalue weighted by atomic mass is 19.1. The number of fused-ring (bicyclic) bond motifs is 1. The third-order valence-electron chi connectivity index (χ3n) is 4.03. The molecular formula is C18H20FNO. The van der Waals surface area contributed by atoms with E-state index in [-0.39, 0.29) is 18.0 Å². The van der Waals surface area contributed by atoms with E-state index >= 15 is 0 Å². The van der Waals surface area contributed by atoms with Crippen molar-refractivity contribution in [2.75, 3.05) is 6.54 Å². The van der Waals surface area contributed by atoms with Gasteiger partial charge in [-0.3, -0.25) is 0 Å². The van der Waals surface area contributed by atoms with E-state index in [4.69, 9.17) is 4.74 Å². The minimum atomic E-state index is -0.171. The van der Waals surface area contributed by atoms with Gasteiger partial charge in [-0.25, -0.2) is 4.39 Å². The molecule has 1 heterocycles. The lowest BCUT2D eigenvalue weighted by molar-refractivity contribution is 0.152. The lowest BCUT2D eigenvalue weighted by Gasteiger charge is -2.33. The Kier molecular flexibility index (Phi) is 3.93. The fourth-order valence-electron chi connectivity index (χ4n) is 2.87. The number of aryl methyl sites for hydroxylation is 1. The Bertz CT molecular complexity index is 641. The third kappa shape index (κ3) is 2.79. The maximum Gasteiger partial charge on any atom is 0.126 e. The second-order valence-corrected chi connectivity index (χ2v) is 5.50. The molecule has 0 bridgehead atoms. The summed E-state index contributed by atoms with van der Waals surface area (Å²) in [6.07, 6.45) is 0.701. The second kappa shape index (κ2) is 5.86. The van der Waals surface area contributed by atoms with E-state index in [9.17, 15) is 4.39 Å². The average molecular weight is 285 g/mol. The summed E-state index contributed by atoms with van der Waals surface area (Å²) in [6, 6.07) is 13.7. The molecule has 110 valence electrons. The molecular weight excluding hydrogens is 265 g/mol. The molecule has 0 saturated heterocycles. The highest BCUT2D eigenvalue weighted by Gasteiger charge is 2.28. The quantitative estimate of drug-likeness (QED) is 0.907. The van der Waals surface area contributed by atoms with Crippen molar-refractivity contribution in [1.82, 2.24) is 5.32 Å². The normalized spacial score (nSPS) is 20.7. The summed E-state index contributed by atoms with van der Waals surface area (Å²) in [6.45, 7) is 4.77. The van der Waals surface area contributed by atoms with E-state index in [0.717, 1.165) is 24.3 Å². The summed E-state index contributed by atoms with van der Waals surface area (Å²) in [5.74, 6) is 0.718. The molecule has 0 spiro atoms. The van der Waals surface area contributed by atoms with Crippen LogP contribution < -0.4 is 10.1 Å². The van der Waals surface area contributed by atoms with Gasteiger partial charge in [0.2, 0.25) is 0 Å². The first-order valence-corrected chi connectivity index (χ1v) is 7.44. The van der Waals surface area contributed by atoms with Gasteiger partial charge >= 0.3 is 0 Å². The van der Waals surface area contributed by atoms with E-state index < -0.39 is 0 Å². The summed E-state index contributed by atoms with van der Waals surface area (Å²) in [7, 11) is 0. The monoisotopic (exact) mass is 285 g/mol. The van der Waals surface area contributed by atoms with E-state index in [0.29, 0.717) is 5.56 Å². The number of hydrogen-bond donors (Lipinski definition) is 1. The molecule has 0 fully saturated rings. The maximum absolute atomic E-state index is 13.8. The minimum Gasteiger partial charge on any atom is -0.485 e. The first kappa shape index (κ1) is 14.1. The SMILES string of the molecule is CCNC1CC(c2ccc(C)c(F)c2)Oc2ccccc21. The van der Waals surface area contributed by atoms with Crippen LogP contribution in [0.4, 0.5) is 4.39 Å². The molecule has 3 heteroatoms. The summed E-state index contributed by atoms with van der Waals surface area (Å²) in [5.41, 5.74) is 2.75. The molecule has 2 nitrogen and oxygen atoms in total. The topological polar surface area (TPSA) is 21.3 Å². The summed E-state index contributed by atoms with van der Waals surface area (Å²) in [4.78, 5) is 0. The van der Waals surface area contributed by atoms with Gasteiger partial charge in [0, 0.05) is 18.0 Å². The summed E-state index contributed by atoms with van der Waals surface area (Å²) < 4.78 is 19.9. The predicted molar refractivity (Wildman–Crippen MR) is 82.0 cm³/mol. The zero-order valence-corrected chi connectivity index (χ0v) is 12.4. The van der Waals surface area contributed by atoms with Crippen molar-refractivity contribution in [3.63, 3.8) is 0 Å². The molecule has 2 aromatic carbocycles. The Morgan fingerprint density at radius 1 is 1.24 bits per heavy atom. The molecule has 1 N–H and O–H groups in total. The van der Waals surface area contributed by atoms with Crippen LogP contribution in [-0.4, -0.2) is 6.54 Å². The molecule has 0 aliphatic carbocycles. The number of rotatable bonds is 3. The van der Waals surface area contributed by atoms with Crippen LogP contribution in [0.5, 0.6) is 5.75 Å². The van der Waals surface area contributed by atoms with Crippen molar-refractivity contribution in [2.45, 2.75) is 32.4 Å². The van der Waals surface area contributed by atoms with Crippen LogP contribution in [0, 0.1) is 12.7 Å². The second-order valence-electron chi connectivity index (χ2n) is 5.50. The number of benzene rings is 2. The molecule has 2 atom stereocenters. The van der Waals surface area contributed by atoms with E-state index in [1.54, 1.807) is 13.0 Å². The first-order chi connectivity index (χ1) is 10.2. The number of para-hydroxylation sites is 1. The van der Waals surface area contributed by atoms with Crippen LogP contribution in [0.2, 0.25) is 0 Å². The van der Waals surface area contributed by atoms with Crippen LogP contribution in [0.1, 0.15) is 42.2 Å². The van der Waals surface area contributed by atoms with Crippen molar-refractivity contribution in [3.05, 3.63) is 65.0 Å². The number of hydrogen-bond acceptors (Lipinski definition) is 2. The maximum atomic E-state index is 13.8. The van der Waals surface area contributed by atoms with Gasteiger partial charge in [-0.15, -0.1) is 0 Å². The Hall–Kier alpha value is -1.87. The van der Waals surface area contributed by atoms with Gasteiger partial charge in [0.1, 0.15) is 17.7 Å². The average Bonchev–Trinajstić information content (AvgIpc) is 2.50. The van der Waals surface area contributed by atoms with E-state index in [1.165, 1.54) is 5.56 Å². The van der Waals surface area contributed by atoms with Crippen LogP contribution >= 0.6 is 0 Å². The van der Waals surface area contributed by atoms with Crippen molar-refractivity contribution >= 4 is 0 Å². The van der Waals surface area contributed by atoms with Gasteiger partial charge in [0.15, 0.2) is 0 Å². The zero-order valence-electron chi connectivity index (χ0n) is 12.4. The highest BCUT2D eigenvalue weighted by molar-refractivity contribution is 5.39. The number of halogens is 1. The van der Waals surface area contributed by atoms with Crippen molar-refractivity contribution in [3.8, 4) is 5.75 Å². The van der Waals surface area contributed by atoms with Crippen LogP contribution in [0.15, 0.2) is 42.5 Å². The molecule has 21 heavy (non-hydrogen) atoms. The van der Waals surface area contributed by atoms with Crippen molar-refractivity contribution < 1.29 is 9.13 Å². The Labute approximate surface area is 125 Å². The predicted octanol–water partition coefficient (Wildman–Crippen LogP) is 4.31. The Balaban J connectivity index is 1.93. The van der Waals surface area contributed by atoms with E-state index in [2.05, 4.69) is 18.3 Å². The lowest BCUT2D eigenvalue weighted by atomic mass is 9.92. The van der Waals surface area contributed by atoms with Crippen molar-refractivity contribution in [2.24, 2.45) is 0 Å². The molecule has 1 aliphatic rings. The standard InChI is InChI=1S/C18H20FNO/c1-3-20-16-11-18(13-9-8-12(2)15(19)10-13)21-17-7-5-4-6-14(16)17/h4-10,16,18,20H,3,11H2,1-2H3. The van der Waals surface area contributed by atoms with Gasteiger partial charge in [0.25, 0.3) is 0 Å². The Morgan fingerprint density at radius 3 is 2.81 bits per heavy atom. The molecule has 1 aliphatic heterocycles. The molecule has 0 amide bonds. The van der Waals surface area contributed by atoms with Gasteiger partial charge in [-0.1, -0.05) is 37.3 Å². The fraction of sp³-hybridized carbons (Fsp3) is 0.333. The molecule has 3 rings (SSSR count). The lowest BCUT2D eigenvalue weighted by Crippen LogP contribution is -2.29. The van der Waals surface area contributed by atoms with Gasteiger partial charge < -0.3 is 10.1 Å². The van der Waals surface area contributed by atoms with Gasteiger partial charge in [-0.2, -0.15) is 0 Å². The molecule has 0 saturated carbocycles. The van der Waals surface area contributed by atoms with E-state index in [1.807, 2.05) is 30.3 Å². The van der Waals surface area contributed by atoms with Gasteiger partial charge in [0.05, 0.1) is 0 Å². The zero-order chi connectivity index (χ0) is 14.8. The fourth-order valence-corrected chi connectivity index (χ4v) is 2.87. The third-order valence-corrected chi connectivity index (χ3v) is 4.03. The molecule has 2 aromatic rings. The smallest absolute Gasteiger partial charge is 0.126 e. The van der Waals surface area contributed by atoms with Crippen LogP contribution in [0.25, 0.3) is 0 Å². The highest BCUT2D eigenvalue weighted by Crippen LogP contribution is 2.40. The number of nitrogens with one attached hydrogen (secondary N) is 1. The first-order valence-electron chi connectivity index (χ1n) is 7.44. The summed E-state index contributed by atoms with van der Waals surface area (Å²) >= 11 is 0. The number of ether oxygens (including phenoxy) is 1. The molecule has 0 aromatic heterocycles. The minimum absolute atomic E-state index is 0.112.